The fourth-order valence-electron chi connectivity index (χ4n) is 1.27. The molecule has 0 aromatic carbocycles. The molecule has 0 saturated carbocycles. The van der Waals surface area contributed by atoms with Gasteiger partial charge in [-0.2, -0.15) is 4.72 Å². The van der Waals surface area contributed by atoms with E-state index in [0.717, 1.165) is 0 Å². The second-order valence-corrected chi connectivity index (χ2v) is 4.47. The van der Waals surface area contributed by atoms with Crippen LogP contribution in [0.5, 0.6) is 0 Å². The molecule has 0 spiro atoms. The third kappa shape index (κ3) is 1.38. The molecule has 5 nitrogen and oxygen atoms in total. The van der Waals surface area contributed by atoms with Crippen molar-refractivity contribution in [2.75, 3.05) is 5.32 Å². The molecular weight excluding hydrogens is 190 g/mol. The number of hydrogen-bond acceptors (Lipinski definition) is 4. The van der Waals surface area contributed by atoms with Crippen LogP contribution >= 0.6 is 0 Å². The fraction of sp³-hybridized carbons (Fsp3) is 0.286. The van der Waals surface area contributed by atoms with Crippen LogP contribution in [0.15, 0.2) is 23.4 Å². The Morgan fingerprint density at radius 2 is 2.31 bits per heavy atom. The van der Waals surface area contributed by atoms with Crippen LogP contribution in [0.1, 0.15) is 6.92 Å². The third-order valence-electron chi connectivity index (χ3n) is 1.73. The Labute approximate surface area is 76.2 Å². The first-order valence-corrected chi connectivity index (χ1v) is 5.32. The minimum Gasteiger partial charge on any atom is -0.367 e. The SMILES string of the molecule is CC1Nc2cccnc2S(=O)(=O)N1. The number of fused-ring (bicyclic) bond motifs is 1. The third-order valence-corrected chi connectivity index (χ3v) is 3.23. The summed E-state index contributed by atoms with van der Waals surface area (Å²) in [7, 11) is -3.41. The molecule has 1 aromatic heterocycles. The van der Waals surface area contributed by atoms with Crippen molar-refractivity contribution in [1.29, 1.82) is 0 Å². The highest BCUT2D eigenvalue weighted by Crippen LogP contribution is 2.22. The predicted molar refractivity (Wildman–Crippen MR) is 47.6 cm³/mol. The van der Waals surface area contributed by atoms with Gasteiger partial charge in [-0.15, -0.1) is 0 Å². The van der Waals surface area contributed by atoms with Crippen LogP contribution in [0.25, 0.3) is 0 Å². The van der Waals surface area contributed by atoms with E-state index in [-0.39, 0.29) is 11.2 Å². The molecule has 1 aliphatic heterocycles. The number of pyridine rings is 1. The monoisotopic (exact) mass is 199 g/mol. The van der Waals surface area contributed by atoms with E-state index < -0.39 is 10.0 Å². The first kappa shape index (κ1) is 8.46. The molecule has 1 atom stereocenters. The first-order valence-electron chi connectivity index (χ1n) is 3.83. The lowest BCUT2D eigenvalue weighted by Crippen LogP contribution is -2.42. The van der Waals surface area contributed by atoms with Gasteiger partial charge in [0.2, 0.25) is 0 Å². The van der Waals surface area contributed by atoms with E-state index in [1.54, 1.807) is 19.1 Å². The average Bonchev–Trinajstić information content (AvgIpc) is 2.02. The van der Waals surface area contributed by atoms with Gasteiger partial charge in [-0.3, -0.25) is 0 Å². The van der Waals surface area contributed by atoms with Crippen LogP contribution in [-0.2, 0) is 10.0 Å². The maximum atomic E-state index is 11.5. The van der Waals surface area contributed by atoms with Crippen molar-refractivity contribution < 1.29 is 8.42 Å². The van der Waals surface area contributed by atoms with Gasteiger partial charge in [0.1, 0.15) is 0 Å². The normalized spacial score (nSPS) is 24.5. The standard InChI is InChI=1S/C7H9N3O2S/c1-5-9-6-3-2-4-8-7(6)13(11,12)10-5/h2-5,9-10H,1H3. The Bertz CT molecular complexity index is 429. The second-order valence-electron chi connectivity index (χ2n) is 2.84. The minimum atomic E-state index is -3.41. The molecule has 0 bridgehead atoms. The van der Waals surface area contributed by atoms with Gasteiger partial charge in [0.15, 0.2) is 5.03 Å². The highest BCUT2D eigenvalue weighted by atomic mass is 32.2. The van der Waals surface area contributed by atoms with E-state index in [1.807, 2.05) is 0 Å². The van der Waals surface area contributed by atoms with Gasteiger partial charge in [0, 0.05) is 6.20 Å². The lowest BCUT2D eigenvalue weighted by atomic mass is 10.4. The second kappa shape index (κ2) is 2.68. The summed E-state index contributed by atoms with van der Waals surface area (Å²) in [5.74, 6) is 0. The molecule has 1 unspecified atom stereocenters. The maximum Gasteiger partial charge on any atom is 0.261 e. The molecule has 13 heavy (non-hydrogen) atoms. The van der Waals surface area contributed by atoms with E-state index in [2.05, 4.69) is 15.0 Å². The fourth-order valence-corrected chi connectivity index (χ4v) is 2.52. The number of hydrogen-bond donors (Lipinski definition) is 2. The summed E-state index contributed by atoms with van der Waals surface area (Å²) in [6.45, 7) is 1.73. The van der Waals surface area contributed by atoms with Gasteiger partial charge in [0.05, 0.1) is 11.9 Å². The Kier molecular flexibility index (Phi) is 1.74. The molecule has 1 aromatic rings. The molecule has 0 saturated heterocycles. The van der Waals surface area contributed by atoms with Crippen molar-refractivity contribution in [1.82, 2.24) is 9.71 Å². The molecule has 6 heteroatoms. The average molecular weight is 199 g/mol. The Hall–Kier alpha value is -1.14. The number of nitrogens with one attached hydrogen (secondary N) is 2. The van der Waals surface area contributed by atoms with Crippen molar-refractivity contribution in [3.63, 3.8) is 0 Å². The van der Waals surface area contributed by atoms with Crippen molar-refractivity contribution >= 4 is 15.7 Å². The molecule has 70 valence electrons. The molecule has 2 N–H and O–H groups in total. The predicted octanol–water partition coefficient (Wildman–Crippen LogP) is 0.131. The largest absolute Gasteiger partial charge is 0.367 e. The van der Waals surface area contributed by atoms with Gasteiger partial charge >= 0.3 is 0 Å². The van der Waals surface area contributed by atoms with Gasteiger partial charge in [-0.25, -0.2) is 13.4 Å². The molecule has 2 rings (SSSR count). The van der Waals surface area contributed by atoms with E-state index in [1.165, 1.54) is 6.20 Å². The molecular formula is C7H9N3O2S. The number of rotatable bonds is 0. The van der Waals surface area contributed by atoms with Crippen molar-refractivity contribution in [3.05, 3.63) is 18.3 Å². The van der Waals surface area contributed by atoms with Crippen LogP contribution in [0.3, 0.4) is 0 Å². The summed E-state index contributed by atoms with van der Waals surface area (Å²) < 4.78 is 25.3. The Morgan fingerprint density at radius 3 is 3.08 bits per heavy atom. The smallest absolute Gasteiger partial charge is 0.261 e. The van der Waals surface area contributed by atoms with Gasteiger partial charge in [-0.1, -0.05) is 0 Å². The van der Waals surface area contributed by atoms with Crippen molar-refractivity contribution in [3.8, 4) is 0 Å². The zero-order chi connectivity index (χ0) is 9.47. The summed E-state index contributed by atoms with van der Waals surface area (Å²) in [5.41, 5.74) is 0.550. The van der Waals surface area contributed by atoms with E-state index in [0.29, 0.717) is 5.69 Å². The molecule has 0 aliphatic carbocycles. The molecule has 0 amide bonds. The maximum absolute atomic E-state index is 11.5. The van der Waals surface area contributed by atoms with E-state index in [9.17, 15) is 8.42 Å². The van der Waals surface area contributed by atoms with E-state index in [4.69, 9.17) is 0 Å². The number of aromatic nitrogens is 1. The summed E-state index contributed by atoms with van der Waals surface area (Å²) in [6.07, 6.45) is 1.16. The van der Waals surface area contributed by atoms with Gasteiger partial charge in [0.25, 0.3) is 10.0 Å². The summed E-state index contributed by atoms with van der Waals surface area (Å²) in [6, 6.07) is 3.39. The first-order chi connectivity index (χ1) is 6.09. The van der Waals surface area contributed by atoms with Crippen LogP contribution in [-0.4, -0.2) is 19.6 Å². The lowest BCUT2D eigenvalue weighted by Gasteiger charge is -2.23. The van der Waals surface area contributed by atoms with Gasteiger partial charge in [-0.05, 0) is 19.1 Å². The molecule has 0 fully saturated rings. The van der Waals surface area contributed by atoms with Crippen LogP contribution in [0.2, 0.25) is 0 Å². The van der Waals surface area contributed by atoms with Crippen molar-refractivity contribution in [2.24, 2.45) is 0 Å². The topological polar surface area (TPSA) is 71.1 Å². The number of nitrogens with zero attached hydrogens (tertiary/aromatic N) is 1. The Balaban J connectivity index is 2.63. The number of anilines is 1. The lowest BCUT2D eigenvalue weighted by molar-refractivity contribution is 0.561. The zero-order valence-corrected chi connectivity index (χ0v) is 7.80. The van der Waals surface area contributed by atoms with Crippen LogP contribution < -0.4 is 10.0 Å². The molecule has 1 aliphatic rings. The zero-order valence-electron chi connectivity index (χ0n) is 6.98. The summed E-state index contributed by atoms with van der Waals surface area (Å²) in [4.78, 5) is 3.79. The van der Waals surface area contributed by atoms with E-state index >= 15 is 0 Å². The summed E-state index contributed by atoms with van der Waals surface area (Å²) in [5, 5.41) is 3.03. The highest BCUT2D eigenvalue weighted by molar-refractivity contribution is 7.89. The minimum absolute atomic E-state index is 0.0631. The quantitative estimate of drug-likeness (QED) is 0.623. The Morgan fingerprint density at radius 1 is 1.54 bits per heavy atom. The van der Waals surface area contributed by atoms with Gasteiger partial charge < -0.3 is 5.32 Å². The highest BCUT2D eigenvalue weighted by Gasteiger charge is 2.27. The summed E-state index contributed by atoms with van der Waals surface area (Å²) >= 11 is 0. The molecule has 0 radical (unpaired) electrons. The van der Waals surface area contributed by atoms with Crippen LogP contribution in [0, 0.1) is 0 Å². The number of sulfonamides is 1. The van der Waals surface area contributed by atoms with Crippen molar-refractivity contribution in [2.45, 2.75) is 18.1 Å². The molecule has 2 heterocycles. The van der Waals surface area contributed by atoms with Crippen LogP contribution in [0.4, 0.5) is 5.69 Å².